The molecule has 0 aliphatic heterocycles. The van der Waals surface area contributed by atoms with Crippen molar-refractivity contribution < 1.29 is 19.2 Å². The van der Waals surface area contributed by atoms with Crippen molar-refractivity contribution >= 4 is 28.9 Å². The zero-order valence-electron chi connectivity index (χ0n) is 12.9. The minimum atomic E-state index is -0.540. The van der Waals surface area contributed by atoms with Crippen molar-refractivity contribution in [2.45, 2.75) is 20.0 Å². The molecule has 8 nitrogen and oxygen atoms in total. The van der Waals surface area contributed by atoms with Gasteiger partial charge in [-0.05, 0) is 19.1 Å². The number of thiazole rings is 1. The fraction of sp³-hybridized carbons (Fsp3) is 0.267. The molecule has 1 aromatic heterocycles. The Morgan fingerprint density at radius 2 is 2.04 bits per heavy atom. The van der Waals surface area contributed by atoms with Gasteiger partial charge in [0.05, 0.1) is 22.0 Å². The smallest absolute Gasteiger partial charge is 0.307 e. The predicted octanol–water partition coefficient (Wildman–Crippen LogP) is 2.22. The average molecular weight is 349 g/mol. The number of amides is 1. The Hall–Kier alpha value is -2.81. The number of carbonyl (C=O) groups is 2. The van der Waals surface area contributed by atoms with E-state index in [1.807, 2.05) is 12.3 Å². The number of hydrogen-bond donors (Lipinski definition) is 1. The van der Waals surface area contributed by atoms with Crippen LogP contribution in [0.1, 0.15) is 27.5 Å². The van der Waals surface area contributed by atoms with E-state index in [9.17, 15) is 19.7 Å². The first-order valence-electron chi connectivity index (χ1n) is 7.05. The third kappa shape index (κ3) is 5.13. The summed E-state index contributed by atoms with van der Waals surface area (Å²) < 4.78 is 5.05. The Labute approximate surface area is 141 Å². The summed E-state index contributed by atoms with van der Waals surface area (Å²) in [7, 11) is 0. The molecule has 0 aliphatic rings. The number of aryl methyl sites for hydroxylation is 1. The number of nitrogens with one attached hydrogen (secondary N) is 1. The molecule has 0 aliphatic carbocycles. The first-order valence-corrected chi connectivity index (χ1v) is 7.93. The lowest BCUT2D eigenvalue weighted by atomic mass is 10.2. The van der Waals surface area contributed by atoms with Gasteiger partial charge in [-0.15, -0.1) is 11.3 Å². The van der Waals surface area contributed by atoms with Crippen molar-refractivity contribution in [1.29, 1.82) is 0 Å². The normalized spacial score (nSPS) is 10.2. The number of benzene rings is 1. The van der Waals surface area contributed by atoms with Gasteiger partial charge in [-0.1, -0.05) is 0 Å². The maximum Gasteiger partial charge on any atom is 0.307 e. The van der Waals surface area contributed by atoms with Crippen molar-refractivity contribution in [1.82, 2.24) is 10.3 Å². The first-order chi connectivity index (χ1) is 11.5. The molecule has 9 heteroatoms. The van der Waals surface area contributed by atoms with Crippen molar-refractivity contribution in [2.24, 2.45) is 0 Å². The minimum absolute atomic E-state index is 0.0296. The average Bonchev–Trinajstić information content (AvgIpc) is 2.98. The molecule has 0 spiro atoms. The predicted molar refractivity (Wildman–Crippen MR) is 86.7 cm³/mol. The van der Waals surface area contributed by atoms with E-state index in [0.717, 1.165) is 5.01 Å². The number of rotatable bonds is 7. The van der Waals surface area contributed by atoms with Crippen LogP contribution in [0.2, 0.25) is 0 Å². The minimum Gasteiger partial charge on any atom is -0.459 e. The van der Waals surface area contributed by atoms with Gasteiger partial charge in [-0.25, -0.2) is 4.98 Å². The lowest BCUT2D eigenvalue weighted by Crippen LogP contribution is -2.26. The molecule has 126 valence electrons. The molecule has 0 unspecified atom stereocenters. The number of nitrogens with zero attached hydrogens (tertiary/aromatic N) is 2. The van der Waals surface area contributed by atoms with Crippen LogP contribution in [-0.4, -0.2) is 28.3 Å². The molecular formula is C15H15N3O5S. The Kier molecular flexibility index (Phi) is 5.96. The number of carbonyl (C=O) groups excluding carboxylic acids is 2. The first kappa shape index (κ1) is 17.5. The molecule has 24 heavy (non-hydrogen) atoms. The summed E-state index contributed by atoms with van der Waals surface area (Å²) in [5, 5.41) is 15.8. The van der Waals surface area contributed by atoms with Gasteiger partial charge in [-0.3, -0.25) is 19.7 Å². The fourth-order valence-corrected chi connectivity index (χ4v) is 2.41. The summed E-state index contributed by atoms with van der Waals surface area (Å²) in [6.45, 7) is 2.09. The molecule has 1 amide bonds. The lowest BCUT2D eigenvalue weighted by molar-refractivity contribution is -0.384. The summed E-state index contributed by atoms with van der Waals surface area (Å²) >= 11 is 1.48. The highest BCUT2D eigenvalue weighted by Crippen LogP contribution is 2.12. The van der Waals surface area contributed by atoms with Gasteiger partial charge in [0.2, 0.25) is 0 Å². The van der Waals surface area contributed by atoms with Crippen LogP contribution in [0.25, 0.3) is 0 Å². The van der Waals surface area contributed by atoms with Crippen LogP contribution in [0, 0.1) is 17.0 Å². The molecule has 0 fully saturated rings. The Morgan fingerprint density at radius 3 is 2.62 bits per heavy atom. The second-order valence-corrected chi connectivity index (χ2v) is 5.89. The van der Waals surface area contributed by atoms with Crippen molar-refractivity contribution in [3.8, 4) is 0 Å². The molecule has 0 saturated heterocycles. The van der Waals surface area contributed by atoms with Crippen LogP contribution in [0.5, 0.6) is 0 Å². The summed E-state index contributed by atoms with van der Waals surface area (Å²) in [6, 6.07) is 5.21. The summed E-state index contributed by atoms with van der Waals surface area (Å²) in [5.41, 5.74) is 0.889. The van der Waals surface area contributed by atoms with Crippen LogP contribution < -0.4 is 5.32 Å². The summed E-state index contributed by atoms with van der Waals surface area (Å²) in [6.07, 6.45) is 0.0296. The second kappa shape index (κ2) is 8.16. The van der Waals surface area contributed by atoms with Gasteiger partial charge in [-0.2, -0.15) is 0 Å². The SMILES string of the molecule is Cc1nc(COC(=O)CCNC(=O)c2ccc([N+](=O)[O-])cc2)cs1. The topological polar surface area (TPSA) is 111 Å². The maximum atomic E-state index is 11.8. The maximum absolute atomic E-state index is 11.8. The molecule has 0 atom stereocenters. The molecule has 0 radical (unpaired) electrons. The van der Waals surface area contributed by atoms with Crippen LogP contribution in [-0.2, 0) is 16.1 Å². The highest BCUT2D eigenvalue weighted by molar-refractivity contribution is 7.09. The van der Waals surface area contributed by atoms with E-state index >= 15 is 0 Å². The Bertz CT molecular complexity index is 742. The van der Waals surface area contributed by atoms with Crippen LogP contribution in [0.4, 0.5) is 5.69 Å². The van der Waals surface area contributed by atoms with Gasteiger partial charge >= 0.3 is 5.97 Å². The van der Waals surface area contributed by atoms with Gasteiger partial charge in [0.25, 0.3) is 11.6 Å². The van der Waals surface area contributed by atoms with Crippen LogP contribution in [0.3, 0.4) is 0 Å². The van der Waals surface area contributed by atoms with Gasteiger partial charge < -0.3 is 10.1 Å². The summed E-state index contributed by atoms with van der Waals surface area (Å²) in [5.74, 6) is -0.850. The molecule has 1 heterocycles. The van der Waals surface area contributed by atoms with Crippen molar-refractivity contribution in [3.05, 3.63) is 56.0 Å². The summed E-state index contributed by atoms with van der Waals surface area (Å²) in [4.78, 5) is 37.6. The number of esters is 1. The molecular weight excluding hydrogens is 334 g/mol. The standard InChI is InChI=1S/C15H15N3O5S/c1-10-17-12(9-24-10)8-23-14(19)6-7-16-15(20)11-2-4-13(5-3-11)18(21)22/h2-5,9H,6-8H2,1H3,(H,16,20). The lowest BCUT2D eigenvalue weighted by Gasteiger charge is -2.05. The molecule has 2 aromatic rings. The van der Waals surface area contributed by atoms with E-state index < -0.39 is 16.8 Å². The molecule has 1 aromatic carbocycles. The number of hydrogen-bond acceptors (Lipinski definition) is 7. The number of aromatic nitrogens is 1. The van der Waals surface area contributed by atoms with Crippen LogP contribution in [0.15, 0.2) is 29.6 Å². The van der Waals surface area contributed by atoms with Gasteiger partial charge in [0.15, 0.2) is 0 Å². The second-order valence-electron chi connectivity index (χ2n) is 4.83. The van der Waals surface area contributed by atoms with E-state index in [0.29, 0.717) is 5.69 Å². The quantitative estimate of drug-likeness (QED) is 0.466. The van der Waals surface area contributed by atoms with E-state index in [2.05, 4.69) is 10.3 Å². The monoisotopic (exact) mass is 349 g/mol. The number of nitro groups is 1. The van der Waals surface area contributed by atoms with Gasteiger partial charge in [0.1, 0.15) is 6.61 Å². The Morgan fingerprint density at radius 1 is 1.33 bits per heavy atom. The highest BCUT2D eigenvalue weighted by atomic mass is 32.1. The third-order valence-electron chi connectivity index (χ3n) is 3.00. The number of non-ortho nitro benzene ring substituents is 1. The van der Waals surface area contributed by atoms with Crippen molar-refractivity contribution in [2.75, 3.05) is 6.54 Å². The van der Waals surface area contributed by atoms with Crippen molar-refractivity contribution in [3.63, 3.8) is 0 Å². The zero-order valence-corrected chi connectivity index (χ0v) is 13.7. The Balaban J connectivity index is 1.71. The van der Waals surface area contributed by atoms with E-state index in [-0.39, 0.29) is 30.8 Å². The third-order valence-corrected chi connectivity index (χ3v) is 3.82. The largest absolute Gasteiger partial charge is 0.459 e. The fourth-order valence-electron chi connectivity index (χ4n) is 1.82. The van der Waals surface area contributed by atoms with E-state index in [1.165, 1.54) is 35.6 Å². The van der Waals surface area contributed by atoms with E-state index in [1.54, 1.807) is 0 Å². The number of nitro benzene ring substituents is 1. The molecule has 0 bridgehead atoms. The molecule has 1 N–H and O–H groups in total. The van der Waals surface area contributed by atoms with E-state index in [4.69, 9.17) is 4.74 Å². The molecule has 2 rings (SSSR count). The van der Waals surface area contributed by atoms with Gasteiger partial charge in [0, 0.05) is 29.6 Å². The van der Waals surface area contributed by atoms with Crippen LogP contribution >= 0.6 is 11.3 Å². The number of ether oxygens (including phenoxy) is 1. The molecule has 0 saturated carbocycles. The highest BCUT2D eigenvalue weighted by Gasteiger charge is 2.10. The zero-order chi connectivity index (χ0) is 17.5.